The first-order valence-corrected chi connectivity index (χ1v) is 9.04. The zero-order valence-electron chi connectivity index (χ0n) is 15.5. The van der Waals surface area contributed by atoms with E-state index < -0.39 is 0 Å². The number of amides is 1. The number of nitrogens with zero attached hydrogens (tertiary/aromatic N) is 1. The number of nitrogens with one attached hydrogen (secondary N) is 2. The van der Waals surface area contributed by atoms with E-state index in [1.54, 1.807) is 24.4 Å². The summed E-state index contributed by atoms with van der Waals surface area (Å²) in [5.41, 5.74) is 4.18. The van der Waals surface area contributed by atoms with E-state index in [2.05, 4.69) is 28.6 Å². The number of carbonyl (C=O) groups is 1. The Morgan fingerprint density at radius 1 is 0.963 bits per heavy atom. The summed E-state index contributed by atoms with van der Waals surface area (Å²) in [6, 6.07) is 19.0. The molecule has 1 heterocycles. The predicted molar refractivity (Wildman–Crippen MR) is 109 cm³/mol. The Balaban J connectivity index is 1.65. The van der Waals surface area contributed by atoms with Gasteiger partial charge in [-0.1, -0.05) is 25.1 Å². The highest BCUT2D eigenvalue weighted by molar-refractivity contribution is 6.03. The maximum atomic E-state index is 12.4. The normalized spacial score (nSPS) is 10.3. The van der Waals surface area contributed by atoms with Crippen molar-refractivity contribution in [1.82, 2.24) is 4.98 Å². The van der Waals surface area contributed by atoms with Gasteiger partial charge in [0, 0.05) is 11.4 Å². The molecule has 2 aromatic carbocycles. The number of carbonyl (C=O) groups excluding carboxylic acids is 1. The van der Waals surface area contributed by atoms with Gasteiger partial charge < -0.3 is 15.4 Å². The molecule has 0 saturated heterocycles. The maximum absolute atomic E-state index is 12.4. The molecule has 0 saturated carbocycles. The number of para-hydroxylation sites is 1. The third kappa shape index (κ3) is 4.85. The number of pyridine rings is 1. The van der Waals surface area contributed by atoms with Crippen LogP contribution in [-0.2, 0) is 6.42 Å². The number of benzene rings is 2. The minimum Gasteiger partial charge on any atom is -0.494 e. The highest BCUT2D eigenvalue weighted by Crippen LogP contribution is 2.21. The quantitative estimate of drug-likeness (QED) is 0.619. The van der Waals surface area contributed by atoms with Gasteiger partial charge in [-0.05, 0) is 61.4 Å². The van der Waals surface area contributed by atoms with Gasteiger partial charge >= 0.3 is 0 Å². The number of aromatic nitrogens is 1. The highest BCUT2D eigenvalue weighted by Gasteiger charge is 2.08. The monoisotopic (exact) mass is 361 g/mol. The maximum Gasteiger partial charge on any atom is 0.274 e. The molecular formula is C22H23N3O2. The van der Waals surface area contributed by atoms with Crippen LogP contribution >= 0.6 is 0 Å². The van der Waals surface area contributed by atoms with Crippen molar-refractivity contribution in [3.63, 3.8) is 0 Å². The Morgan fingerprint density at radius 3 is 2.37 bits per heavy atom. The van der Waals surface area contributed by atoms with Crippen molar-refractivity contribution in [3.05, 3.63) is 78.1 Å². The summed E-state index contributed by atoms with van der Waals surface area (Å²) < 4.78 is 5.40. The second-order valence-electron chi connectivity index (χ2n) is 5.98. The van der Waals surface area contributed by atoms with Crippen LogP contribution in [0.4, 0.5) is 17.1 Å². The fraction of sp³-hybridized carbons (Fsp3) is 0.182. The molecule has 0 aliphatic rings. The number of ether oxygens (including phenoxy) is 1. The summed E-state index contributed by atoms with van der Waals surface area (Å²) in [7, 11) is 0. The first kappa shape index (κ1) is 18.5. The lowest BCUT2D eigenvalue weighted by Gasteiger charge is -2.11. The van der Waals surface area contributed by atoms with Crippen LogP contribution in [0.5, 0.6) is 5.75 Å². The molecule has 5 nitrogen and oxygen atoms in total. The van der Waals surface area contributed by atoms with E-state index in [4.69, 9.17) is 4.74 Å². The third-order valence-corrected chi connectivity index (χ3v) is 4.10. The first-order chi connectivity index (χ1) is 13.2. The van der Waals surface area contributed by atoms with Crippen molar-refractivity contribution in [2.75, 3.05) is 17.2 Å². The van der Waals surface area contributed by atoms with Crippen molar-refractivity contribution >= 4 is 23.0 Å². The molecule has 138 valence electrons. The Kier molecular flexibility index (Phi) is 6.05. The van der Waals surface area contributed by atoms with E-state index in [0.717, 1.165) is 23.5 Å². The van der Waals surface area contributed by atoms with Gasteiger partial charge in [0.15, 0.2) is 0 Å². The molecule has 5 heteroatoms. The Bertz CT molecular complexity index is 890. The molecule has 0 radical (unpaired) electrons. The zero-order chi connectivity index (χ0) is 19.1. The summed E-state index contributed by atoms with van der Waals surface area (Å²) in [6.45, 7) is 4.66. The van der Waals surface area contributed by atoms with Crippen LogP contribution in [-0.4, -0.2) is 17.5 Å². The average molecular weight is 361 g/mol. The van der Waals surface area contributed by atoms with Crippen LogP contribution in [0.2, 0.25) is 0 Å². The number of hydrogen-bond donors (Lipinski definition) is 2. The average Bonchev–Trinajstić information content (AvgIpc) is 2.70. The minimum atomic E-state index is -0.250. The fourth-order valence-corrected chi connectivity index (χ4v) is 2.70. The van der Waals surface area contributed by atoms with Crippen molar-refractivity contribution in [3.8, 4) is 5.75 Å². The molecule has 0 bridgehead atoms. The molecule has 3 rings (SSSR count). The Hall–Kier alpha value is -3.34. The van der Waals surface area contributed by atoms with E-state index in [1.165, 1.54) is 5.56 Å². The van der Waals surface area contributed by atoms with Gasteiger partial charge in [0.1, 0.15) is 11.4 Å². The molecule has 1 aromatic heterocycles. The van der Waals surface area contributed by atoms with Gasteiger partial charge in [-0.3, -0.25) is 4.79 Å². The minimum absolute atomic E-state index is 0.250. The molecule has 3 aromatic rings. The SMILES string of the molecule is CCOc1ccc(NC(=O)c2ccc(Nc3ccccc3CC)cn2)cc1. The van der Waals surface area contributed by atoms with Crippen molar-refractivity contribution in [2.24, 2.45) is 0 Å². The van der Waals surface area contributed by atoms with E-state index in [1.807, 2.05) is 43.3 Å². The molecule has 0 fully saturated rings. The summed E-state index contributed by atoms with van der Waals surface area (Å²) in [5.74, 6) is 0.524. The van der Waals surface area contributed by atoms with Crippen LogP contribution in [0.3, 0.4) is 0 Å². The standard InChI is InChI=1S/C22H23N3O2/c1-3-16-7-5-6-8-20(16)24-18-11-14-21(23-15-18)22(26)25-17-9-12-19(13-10-17)27-4-2/h5-15,24H,3-4H2,1-2H3,(H,25,26). The summed E-state index contributed by atoms with van der Waals surface area (Å²) in [5, 5.41) is 6.19. The lowest BCUT2D eigenvalue weighted by atomic mass is 10.1. The predicted octanol–water partition coefficient (Wildman–Crippen LogP) is 5.04. The number of hydrogen-bond acceptors (Lipinski definition) is 4. The van der Waals surface area contributed by atoms with Crippen LogP contribution in [0.15, 0.2) is 66.9 Å². The third-order valence-electron chi connectivity index (χ3n) is 4.10. The molecule has 0 aliphatic carbocycles. The highest BCUT2D eigenvalue weighted by atomic mass is 16.5. The topological polar surface area (TPSA) is 63.2 Å². The van der Waals surface area contributed by atoms with Crippen LogP contribution in [0.25, 0.3) is 0 Å². The molecule has 0 unspecified atom stereocenters. The molecule has 2 N–H and O–H groups in total. The van der Waals surface area contributed by atoms with Gasteiger partial charge in [0.05, 0.1) is 18.5 Å². The van der Waals surface area contributed by atoms with Crippen LogP contribution in [0, 0.1) is 0 Å². The summed E-state index contributed by atoms with van der Waals surface area (Å²) in [6.07, 6.45) is 2.61. The van der Waals surface area contributed by atoms with Gasteiger partial charge in [-0.15, -0.1) is 0 Å². The molecule has 0 atom stereocenters. The van der Waals surface area contributed by atoms with E-state index in [0.29, 0.717) is 18.0 Å². The molecule has 0 aliphatic heterocycles. The lowest BCUT2D eigenvalue weighted by molar-refractivity contribution is 0.102. The van der Waals surface area contributed by atoms with Crippen LogP contribution in [0.1, 0.15) is 29.9 Å². The van der Waals surface area contributed by atoms with Gasteiger partial charge in [-0.2, -0.15) is 0 Å². The smallest absolute Gasteiger partial charge is 0.274 e. The molecule has 1 amide bonds. The van der Waals surface area contributed by atoms with E-state index in [9.17, 15) is 4.79 Å². The second-order valence-corrected chi connectivity index (χ2v) is 5.98. The van der Waals surface area contributed by atoms with Gasteiger partial charge in [0.25, 0.3) is 5.91 Å². The van der Waals surface area contributed by atoms with Crippen molar-refractivity contribution < 1.29 is 9.53 Å². The molecular weight excluding hydrogens is 338 g/mol. The summed E-state index contributed by atoms with van der Waals surface area (Å²) in [4.78, 5) is 16.6. The van der Waals surface area contributed by atoms with Crippen molar-refractivity contribution in [1.29, 1.82) is 0 Å². The Labute approximate surface area is 159 Å². The molecule has 27 heavy (non-hydrogen) atoms. The Morgan fingerprint density at radius 2 is 1.70 bits per heavy atom. The second kappa shape index (κ2) is 8.85. The number of rotatable bonds is 7. The molecule has 0 spiro atoms. The fourth-order valence-electron chi connectivity index (χ4n) is 2.70. The van der Waals surface area contributed by atoms with Crippen molar-refractivity contribution in [2.45, 2.75) is 20.3 Å². The van der Waals surface area contributed by atoms with Crippen LogP contribution < -0.4 is 15.4 Å². The van der Waals surface area contributed by atoms with Gasteiger partial charge in [0.2, 0.25) is 0 Å². The number of anilines is 3. The van der Waals surface area contributed by atoms with E-state index in [-0.39, 0.29) is 5.91 Å². The summed E-state index contributed by atoms with van der Waals surface area (Å²) >= 11 is 0. The lowest BCUT2D eigenvalue weighted by Crippen LogP contribution is -2.13. The number of aryl methyl sites for hydroxylation is 1. The van der Waals surface area contributed by atoms with Gasteiger partial charge in [-0.25, -0.2) is 4.98 Å². The largest absolute Gasteiger partial charge is 0.494 e. The van der Waals surface area contributed by atoms with E-state index >= 15 is 0 Å². The zero-order valence-corrected chi connectivity index (χ0v) is 15.5. The first-order valence-electron chi connectivity index (χ1n) is 9.04.